The minimum absolute atomic E-state index is 0.00306. The summed E-state index contributed by atoms with van der Waals surface area (Å²) in [5.41, 5.74) is 2.00. The Hall–Kier alpha value is -2.40. The Morgan fingerprint density at radius 2 is 1.79 bits per heavy atom. The molecule has 2 aromatic carbocycles. The first kappa shape index (κ1) is 16.5. The van der Waals surface area contributed by atoms with Gasteiger partial charge in [-0.25, -0.2) is 9.97 Å². The van der Waals surface area contributed by atoms with Gasteiger partial charge in [0, 0.05) is 5.39 Å². The molecule has 4 nitrogen and oxygen atoms in total. The number of fused-ring (bicyclic) bond motifs is 1. The monoisotopic (exact) mass is 337 g/mol. The van der Waals surface area contributed by atoms with E-state index < -0.39 is 0 Å². The largest absolute Gasteiger partial charge is 0.349 e. The van der Waals surface area contributed by atoms with Gasteiger partial charge < -0.3 is 5.32 Å². The zero-order chi connectivity index (χ0) is 16.9. The molecule has 1 atom stereocenters. The van der Waals surface area contributed by atoms with Crippen LogP contribution >= 0.6 is 11.8 Å². The van der Waals surface area contributed by atoms with Crippen molar-refractivity contribution in [2.75, 3.05) is 5.75 Å². The summed E-state index contributed by atoms with van der Waals surface area (Å²) in [6.07, 6.45) is 0. The molecule has 0 aliphatic heterocycles. The average molecular weight is 337 g/mol. The second-order valence-corrected chi connectivity index (χ2v) is 6.55. The Labute approximate surface area is 145 Å². The van der Waals surface area contributed by atoms with Crippen LogP contribution in [0.1, 0.15) is 24.4 Å². The summed E-state index contributed by atoms with van der Waals surface area (Å²) < 4.78 is 0. The lowest BCUT2D eigenvalue weighted by atomic mass is 10.1. The Morgan fingerprint density at radius 3 is 2.58 bits per heavy atom. The molecule has 0 aliphatic carbocycles. The van der Waals surface area contributed by atoms with Gasteiger partial charge in [0.2, 0.25) is 5.91 Å². The molecule has 1 amide bonds. The number of hydrogen-bond donors (Lipinski definition) is 1. The zero-order valence-electron chi connectivity index (χ0n) is 13.7. The van der Waals surface area contributed by atoms with Crippen LogP contribution in [0.4, 0.5) is 0 Å². The fourth-order valence-corrected chi connectivity index (χ4v) is 3.39. The van der Waals surface area contributed by atoms with Gasteiger partial charge in [0.25, 0.3) is 0 Å². The van der Waals surface area contributed by atoms with Gasteiger partial charge in [0.15, 0.2) is 0 Å². The smallest absolute Gasteiger partial charge is 0.230 e. The zero-order valence-corrected chi connectivity index (χ0v) is 14.5. The standard InChI is InChI=1S/C19H19N3OS/c1-13(15-8-4-3-5-9-15)20-18(23)12-24-19-16-10-6-7-11-17(16)21-14(2)22-19/h3-11,13H,12H2,1-2H3,(H,20,23)/t13-/m1/s1. The summed E-state index contributed by atoms with van der Waals surface area (Å²) in [5.74, 6) is 1.04. The van der Waals surface area contributed by atoms with E-state index in [2.05, 4.69) is 15.3 Å². The number of thioether (sulfide) groups is 1. The van der Waals surface area contributed by atoms with Crippen LogP contribution < -0.4 is 5.32 Å². The van der Waals surface area contributed by atoms with E-state index in [0.29, 0.717) is 11.6 Å². The van der Waals surface area contributed by atoms with Crippen molar-refractivity contribution in [2.45, 2.75) is 24.9 Å². The highest BCUT2D eigenvalue weighted by Crippen LogP contribution is 2.25. The summed E-state index contributed by atoms with van der Waals surface area (Å²) in [6.45, 7) is 3.86. The SMILES string of the molecule is Cc1nc(SCC(=O)N[C@H](C)c2ccccc2)c2ccccc2n1. The minimum atomic E-state index is -0.0109. The first-order valence-electron chi connectivity index (χ1n) is 7.84. The van der Waals surface area contributed by atoms with Crippen LogP contribution in [0.25, 0.3) is 10.9 Å². The van der Waals surface area contributed by atoms with Crippen LogP contribution in [0.15, 0.2) is 59.6 Å². The lowest BCUT2D eigenvalue weighted by Gasteiger charge is -2.14. The third-order valence-electron chi connectivity index (χ3n) is 3.70. The van der Waals surface area contributed by atoms with Gasteiger partial charge in [-0.1, -0.05) is 60.3 Å². The number of aromatic nitrogens is 2. The number of benzene rings is 2. The van der Waals surface area contributed by atoms with E-state index in [1.165, 1.54) is 11.8 Å². The van der Waals surface area contributed by atoms with Crippen molar-refractivity contribution >= 4 is 28.6 Å². The molecule has 0 fully saturated rings. The van der Waals surface area contributed by atoms with E-state index in [4.69, 9.17) is 0 Å². The molecule has 3 aromatic rings. The van der Waals surface area contributed by atoms with Crippen molar-refractivity contribution in [3.8, 4) is 0 Å². The van der Waals surface area contributed by atoms with Crippen molar-refractivity contribution in [3.63, 3.8) is 0 Å². The first-order chi connectivity index (χ1) is 11.6. The van der Waals surface area contributed by atoms with Gasteiger partial charge in [0.05, 0.1) is 17.3 Å². The normalized spacial score (nSPS) is 12.1. The van der Waals surface area contributed by atoms with Crippen LogP contribution in [0, 0.1) is 6.92 Å². The van der Waals surface area contributed by atoms with Crippen molar-refractivity contribution in [2.24, 2.45) is 0 Å². The number of carbonyl (C=O) groups excluding carboxylic acids is 1. The molecule has 0 saturated heterocycles. The predicted molar refractivity (Wildman–Crippen MR) is 98.0 cm³/mol. The molecule has 5 heteroatoms. The highest BCUT2D eigenvalue weighted by molar-refractivity contribution is 8.00. The molecule has 24 heavy (non-hydrogen) atoms. The molecule has 1 N–H and O–H groups in total. The van der Waals surface area contributed by atoms with E-state index in [1.54, 1.807) is 0 Å². The van der Waals surface area contributed by atoms with E-state index in [9.17, 15) is 4.79 Å². The van der Waals surface area contributed by atoms with E-state index in [0.717, 1.165) is 21.5 Å². The van der Waals surface area contributed by atoms with E-state index in [-0.39, 0.29) is 11.9 Å². The van der Waals surface area contributed by atoms with E-state index >= 15 is 0 Å². The molecule has 1 heterocycles. The molecule has 0 saturated carbocycles. The molecular weight excluding hydrogens is 318 g/mol. The third-order valence-corrected chi connectivity index (χ3v) is 4.69. The van der Waals surface area contributed by atoms with Crippen LogP contribution in [0.5, 0.6) is 0 Å². The minimum Gasteiger partial charge on any atom is -0.349 e. The lowest BCUT2D eigenvalue weighted by Crippen LogP contribution is -2.28. The van der Waals surface area contributed by atoms with Crippen molar-refractivity contribution in [1.82, 2.24) is 15.3 Å². The summed E-state index contributed by atoms with van der Waals surface area (Å²) in [6, 6.07) is 17.8. The molecule has 122 valence electrons. The number of para-hydroxylation sites is 1. The number of aryl methyl sites for hydroxylation is 1. The molecule has 3 rings (SSSR count). The van der Waals surface area contributed by atoms with Crippen LogP contribution in [0.3, 0.4) is 0 Å². The number of nitrogens with zero attached hydrogens (tertiary/aromatic N) is 2. The lowest BCUT2D eigenvalue weighted by molar-refractivity contribution is -0.119. The number of amides is 1. The van der Waals surface area contributed by atoms with Crippen LogP contribution in [-0.4, -0.2) is 21.6 Å². The highest BCUT2D eigenvalue weighted by atomic mass is 32.2. The van der Waals surface area contributed by atoms with Crippen molar-refractivity contribution < 1.29 is 4.79 Å². The molecule has 0 bridgehead atoms. The molecule has 0 aliphatic rings. The summed E-state index contributed by atoms with van der Waals surface area (Å²) in [4.78, 5) is 21.2. The van der Waals surface area contributed by atoms with Gasteiger partial charge >= 0.3 is 0 Å². The topological polar surface area (TPSA) is 54.9 Å². The predicted octanol–water partition coefficient (Wildman–Crippen LogP) is 3.91. The quantitative estimate of drug-likeness (QED) is 0.566. The second-order valence-electron chi connectivity index (χ2n) is 5.58. The maximum Gasteiger partial charge on any atom is 0.230 e. The van der Waals surface area contributed by atoms with Gasteiger partial charge in [-0.3, -0.25) is 4.79 Å². The van der Waals surface area contributed by atoms with Crippen molar-refractivity contribution in [1.29, 1.82) is 0 Å². The molecule has 0 radical (unpaired) electrons. The average Bonchev–Trinajstić information content (AvgIpc) is 2.60. The van der Waals surface area contributed by atoms with Gasteiger partial charge in [-0.2, -0.15) is 0 Å². The summed E-state index contributed by atoms with van der Waals surface area (Å²) >= 11 is 1.45. The molecular formula is C19H19N3OS. The fraction of sp³-hybridized carbons (Fsp3) is 0.211. The Morgan fingerprint density at radius 1 is 1.08 bits per heavy atom. The Kier molecular flexibility index (Phi) is 5.11. The number of carbonyl (C=O) groups is 1. The van der Waals surface area contributed by atoms with Gasteiger partial charge in [-0.15, -0.1) is 0 Å². The van der Waals surface area contributed by atoms with Gasteiger partial charge in [0.1, 0.15) is 10.9 Å². The molecule has 0 spiro atoms. The number of rotatable bonds is 5. The fourth-order valence-electron chi connectivity index (χ4n) is 2.51. The maximum absolute atomic E-state index is 12.2. The van der Waals surface area contributed by atoms with Crippen molar-refractivity contribution in [3.05, 3.63) is 66.0 Å². The molecule has 1 aromatic heterocycles. The molecule has 0 unspecified atom stereocenters. The Bertz CT molecular complexity index is 852. The first-order valence-corrected chi connectivity index (χ1v) is 8.82. The maximum atomic E-state index is 12.2. The third kappa shape index (κ3) is 3.92. The second kappa shape index (κ2) is 7.45. The summed E-state index contributed by atoms with van der Waals surface area (Å²) in [5, 5.41) is 4.86. The highest BCUT2D eigenvalue weighted by Gasteiger charge is 2.12. The number of hydrogen-bond acceptors (Lipinski definition) is 4. The Balaban J connectivity index is 1.66. The summed E-state index contributed by atoms with van der Waals surface area (Å²) in [7, 11) is 0. The van der Waals surface area contributed by atoms with Crippen LogP contribution in [0.2, 0.25) is 0 Å². The number of nitrogens with one attached hydrogen (secondary N) is 1. The van der Waals surface area contributed by atoms with E-state index in [1.807, 2.05) is 68.4 Å². The van der Waals surface area contributed by atoms with Gasteiger partial charge in [-0.05, 0) is 25.5 Å². The van der Waals surface area contributed by atoms with Crippen LogP contribution in [-0.2, 0) is 4.79 Å².